The molecule has 1 aliphatic rings. The van der Waals surface area contributed by atoms with Crippen LogP contribution in [0.3, 0.4) is 0 Å². The highest BCUT2D eigenvalue weighted by Crippen LogP contribution is 2.36. The number of benzene rings is 1. The number of aromatic nitrogens is 1. The van der Waals surface area contributed by atoms with Crippen molar-refractivity contribution in [3.05, 3.63) is 63.3 Å². The van der Waals surface area contributed by atoms with E-state index in [0.29, 0.717) is 17.3 Å². The lowest BCUT2D eigenvalue weighted by molar-refractivity contribution is -0.385. The summed E-state index contributed by atoms with van der Waals surface area (Å²) in [5, 5.41) is 14.3. The van der Waals surface area contributed by atoms with Gasteiger partial charge < -0.3 is 5.32 Å². The molecule has 0 amide bonds. The topological polar surface area (TPSA) is 68.1 Å². The predicted octanol–water partition coefficient (Wildman–Crippen LogP) is 4.03. The molecule has 22 heavy (non-hydrogen) atoms. The fraction of sp³-hybridized carbons (Fsp3) is 0.353. The summed E-state index contributed by atoms with van der Waals surface area (Å²) in [6.45, 7) is 3.97. The van der Waals surface area contributed by atoms with Crippen molar-refractivity contribution < 1.29 is 4.92 Å². The van der Waals surface area contributed by atoms with Crippen molar-refractivity contribution in [1.29, 1.82) is 0 Å². The third-order valence-electron chi connectivity index (χ3n) is 4.41. The maximum Gasteiger partial charge on any atom is 0.290 e. The van der Waals surface area contributed by atoms with Crippen molar-refractivity contribution in [2.75, 3.05) is 5.32 Å². The van der Waals surface area contributed by atoms with Crippen LogP contribution >= 0.6 is 0 Å². The Kier molecular flexibility index (Phi) is 3.79. The van der Waals surface area contributed by atoms with Crippen LogP contribution in [0.5, 0.6) is 0 Å². The van der Waals surface area contributed by atoms with Gasteiger partial charge in [0.15, 0.2) is 0 Å². The molecular formula is C17H19N3O2. The number of fused-ring (bicyclic) bond motifs is 1. The number of rotatable bonds is 3. The van der Waals surface area contributed by atoms with Crippen molar-refractivity contribution in [2.45, 2.75) is 32.7 Å². The Morgan fingerprint density at radius 2 is 2.14 bits per heavy atom. The minimum Gasteiger partial charge on any atom is -0.363 e. The van der Waals surface area contributed by atoms with Crippen LogP contribution in [0.4, 0.5) is 11.5 Å². The van der Waals surface area contributed by atoms with Gasteiger partial charge in [-0.05, 0) is 42.9 Å². The molecule has 5 heteroatoms. The highest BCUT2D eigenvalue weighted by atomic mass is 16.6. The molecule has 1 N–H and O–H groups in total. The number of pyridine rings is 1. The Bertz CT molecular complexity index is 715. The largest absolute Gasteiger partial charge is 0.363 e. The molecule has 1 heterocycles. The Morgan fingerprint density at radius 3 is 2.86 bits per heavy atom. The summed E-state index contributed by atoms with van der Waals surface area (Å²) in [7, 11) is 0. The van der Waals surface area contributed by atoms with Gasteiger partial charge in [-0.25, -0.2) is 4.98 Å². The average Bonchev–Trinajstić information content (AvgIpc) is 2.50. The standard InChI is InChI=1S/C17H19N3O2/c1-11-7-8-13-5-3-4-6-14(13)17(11)19-16-9-12(2)15(10-18-16)20(21)22/h3-6,9-11,17H,7-8H2,1-2H3,(H,18,19)/t11-,17+/m0/s1. The molecule has 114 valence electrons. The molecule has 2 atom stereocenters. The number of nitrogens with zero attached hydrogens (tertiary/aromatic N) is 2. The van der Waals surface area contributed by atoms with Crippen LogP contribution in [0.2, 0.25) is 0 Å². The normalized spacial score (nSPS) is 20.3. The molecular weight excluding hydrogens is 278 g/mol. The fourth-order valence-electron chi connectivity index (χ4n) is 3.12. The summed E-state index contributed by atoms with van der Waals surface area (Å²) in [5.41, 5.74) is 3.36. The number of aryl methyl sites for hydroxylation is 2. The second kappa shape index (κ2) is 5.75. The van der Waals surface area contributed by atoms with Crippen LogP contribution in [0.15, 0.2) is 36.5 Å². The van der Waals surface area contributed by atoms with Crippen LogP contribution < -0.4 is 5.32 Å². The molecule has 0 unspecified atom stereocenters. The SMILES string of the molecule is Cc1cc(N[C@H]2c3ccccc3CC[C@@H]2C)ncc1[N+](=O)[O-]. The molecule has 1 aromatic carbocycles. The lowest BCUT2D eigenvalue weighted by Crippen LogP contribution is -2.25. The molecule has 1 aromatic heterocycles. The molecule has 0 spiro atoms. The van der Waals surface area contributed by atoms with Gasteiger partial charge in [0.2, 0.25) is 0 Å². The number of anilines is 1. The number of nitro groups is 1. The zero-order valence-corrected chi connectivity index (χ0v) is 12.7. The quantitative estimate of drug-likeness (QED) is 0.686. The van der Waals surface area contributed by atoms with Gasteiger partial charge in [-0.2, -0.15) is 0 Å². The molecule has 3 rings (SSSR count). The lowest BCUT2D eigenvalue weighted by atomic mass is 9.81. The summed E-state index contributed by atoms with van der Waals surface area (Å²) in [4.78, 5) is 14.7. The second-order valence-electron chi connectivity index (χ2n) is 5.95. The van der Waals surface area contributed by atoms with Gasteiger partial charge >= 0.3 is 0 Å². The summed E-state index contributed by atoms with van der Waals surface area (Å²) in [6.07, 6.45) is 3.56. The molecule has 0 bridgehead atoms. The Balaban J connectivity index is 1.90. The molecule has 1 aliphatic carbocycles. The van der Waals surface area contributed by atoms with E-state index in [-0.39, 0.29) is 11.7 Å². The van der Waals surface area contributed by atoms with E-state index in [0.717, 1.165) is 12.8 Å². The monoisotopic (exact) mass is 297 g/mol. The van der Waals surface area contributed by atoms with Crippen LogP contribution in [0, 0.1) is 23.0 Å². The minimum absolute atomic E-state index is 0.0580. The van der Waals surface area contributed by atoms with Gasteiger partial charge in [-0.15, -0.1) is 0 Å². The maximum atomic E-state index is 10.9. The van der Waals surface area contributed by atoms with Gasteiger partial charge in [0.1, 0.15) is 12.0 Å². The van der Waals surface area contributed by atoms with E-state index in [1.165, 1.54) is 17.3 Å². The first-order valence-corrected chi connectivity index (χ1v) is 7.51. The van der Waals surface area contributed by atoms with E-state index >= 15 is 0 Å². The molecule has 0 fully saturated rings. The molecule has 0 saturated heterocycles. The first-order chi connectivity index (χ1) is 10.6. The van der Waals surface area contributed by atoms with E-state index in [1.54, 1.807) is 13.0 Å². The van der Waals surface area contributed by atoms with Crippen LogP contribution in [0.25, 0.3) is 0 Å². The Labute approximate surface area is 129 Å². The average molecular weight is 297 g/mol. The van der Waals surface area contributed by atoms with Crippen molar-refractivity contribution in [3.63, 3.8) is 0 Å². The predicted molar refractivity (Wildman–Crippen MR) is 85.9 cm³/mol. The van der Waals surface area contributed by atoms with Crippen molar-refractivity contribution in [3.8, 4) is 0 Å². The van der Waals surface area contributed by atoms with Crippen molar-refractivity contribution >= 4 is 11.5 Å². The van der Waals surface area contributed by atoms with Gasteiger partial charge in [-0.1, -0.05) is 31.2 Å². The summed E-state index contributed by atoms with van der Waals surface area (Å²) in [5.74, 6) is 1.18. The highest BCUT2D eigenvalue weighted by molar-refractivity contribution is 5.49. The van der Waals surface area contributed by atoms with Crippen LogP contribution in [-0.4, -0.2) is 9.91 Å². The van der Waals surface area contributed by atoms with Crippen molar-refractivity contribution in [1.82, 2.24) is 4.98 Å². The zero-order valence-electron chi connectivity index (χ0n) is 12.7. The number of nitrogens with one attached hydrogen (secondary N) is 1. The fourth-order valence-corrected chi connectivity index (χ4v) is 3.12. The number of hydrogen-bond acceptors (Lipinski definition) is 4. The molecule has 5 nitrogen and oxygen atoms in total. The first kappa shape index (κ1) is 14.5. The summed E-state index contributed by atoms with van der Waals surface area (Å²) >= 11 is 0. The van der Waals surface area contributed by atoms with Crippen molar-refractivity contribution in [2.24, 2.45) is 5.92 Å². The summed E-state index contributed by atoms with van der Waals surface area (Å²) < 4.78 is 0. The first-order valence-electron chi connectivity index (χ1n) is 7.51. The maximum absolute atomic E-state index is 10.9. The van der Waals surface area contributed by atoms with Crippen LogP contribution in [-0.2, 0) is 6.42 Å². The third-order valence-corrected chi connectivity index (χ3v) is 4.41. The van der Waals surface area contributed by atoms with E-state index < -0.39 is 4.92 Å². The zero-order chi connectivity index (χ0) is 15.7. The van der Waals surface area contributed by atoms with Gasteiger partial charge in [0.05, 0.1) is 11.0 Å². The molecule has 0 saturated carbocycles. The molecule has 0 aliphatic heterocycles. The van der Waals surface area contributed by atoms with Gasteiger partial charge in [0, 0.05) is 5.56 Å². The van der Waals surface area contributed by atoms with E-state index in [4.69, 9.17) is 0 Å². The smallest absolute Gasteiger partial charge is 0.290 e. The minimum atomic E-state index is -0.398. The summed E-state index contributed by atoms with van der Waals surface area (Å²) in [6, 6.07) is 10.4. The number of hydrogen-bond donors (Lipinski definition) is 1. The lowest BCUT2D eigenvalue weighted by Gasteiger charge is -2.32. The third kappa shape index (κ3) is 2.66. The van der Waals surface area contributed by atoms with Crippen LogP contribution in [0.1, 0.15) is 36.1 Å². The van der Waals surface area contributed by atoms with E-state index in [1.807, 2.05) is 0 Å². The van der Waals surface area contributed by atoms with Gasteiger partial charge in [0.25, 0.3) is 5.69 Å². The van der Waals surface area contributed by atoms with E-state index in [2.05, 4.69) is 41.5 Å². The Hall–Kier alpha value is -2.43. The molecule has 0 radical (unpaired) electrons. The highest BCUT2D eigenvalue weighted by Gasteiger charge is 2.26. The molecule has 2 aromatic rings. The van der Waals surface area contributed by atoms with E-state index in [9.17, 15) is 10.1 Å². The van der Waals surface area contributed by atoms with Gasteiger partial charge in [-0.3, -0.25) is 10.1 Å². The Morgan fingerprint density at radius 1 is 1.36 bits per heavy atom. The second-order valence-corrected chi connectivity index (χ2v) is 5.95.